The van der Waals surface area contributed by atoms with Gasteiger partial charge in [-0.25, -0.2) is 9.97 Å². The number of hydrogen-bond acceptors (Lipinski definition) is 5. The Balaban J connectivity index is 3.10. The Morgan fingerprint density at radius 1 is 1.17 bits per heavy atom. The van der Waals surface area contributed by atoms with Crippen molar-refractivity contribution in [2.45, 2.75) is 26.2 Å². The van der Waals surface area contributed by atoms with Gasteiger partial charge in [-0.15, -0.1) is 0 Å². The maximum atomic E-state index is 9.04. The van der Waals surface area contributed by atoms with Crippen molar-refractivity contribution in [1.29, 1.82) is 0 Å². The molecule has 0 unspecified atom stereocenters. The van der Waals surface area contributed by atoms with Crippen LogP contribution in [0.2, 0.25) is 0 Å². The van der Waals surface area contributed by atoms with E-state index < -0.39 is 0 Å². The first kappa shape index (κ1) is 15.3. The lowest BCUT2D eigenvalue weighted by atomic mass is 9.96. The molecule has 0 bridgehead atoms. The van der Waals surface area contributed by atoms with Gasteiger partial charge in [-0.1, -0.05) is 20.8 Å². The van der Waals surface area contributed by atoms with Gasteiger partial charge in [0.1, 0.15) is 16.2 Å². The van der Waals surface area contributed by atoms with E-state index in [1.807, 2.05) is 25.7 Å². The van der Waals surface area contributed by atoms with Gasteiger partial charge in [0.2, 0.25) is 0 Å². The third-order valence-corrected chi connectivity index (χ3v) is 2.82. The van der Waals surface area contributed by atoms with Crippen molar-refractivity contribution in [3.8, 4) is 0 Å². The van der Waals surface area contributed by atoms with Crippen LogP contribution in [0.15, 0.2) is 10.7 Å². The molecule has 0 aliphatic rings. The summed E-state index contributed by atoms with van der Waals surface area (Å²) in [5.41, 5.74) is -0.150. The van der Waals surface area contributed by atoms with Gasteiger partial charge >= 0.3 is 0 Å². The highest BCUT2D eigenvalue weighted by Gasteiger charge is 2.20. The molecular weight excluding hydrogens is 298 g/mol. The average molecular weight is 318 g/mol. The Kier molecular flexibility index (Phi) is 5.49. The zero-order valence-corrected chi connectivity index (χ0v) is 12.6. The Bertz CT molecular complexity index is 387. The summed E-state index contributed by atoms with van der Waals surface area (Å²) >= 11 is 3.37. The molecule has 0 atom stereocenters. The summed E-state index contributed by atoms with van der Waals surface area (Å²) in [4.78, 5) is 10.7. The van der Waals surface area contributed by atoms with Crippen molar-refractivity contribution >= 4 is 21.7 Å². The second-order valence-electron chi connectivity index (χ2n) is 5.06. The standard InChI is InChI=1S/C12H20BrN3O2/c1-12(2,3)11-14-9(13)8-10(15-11)16(4-6-17)5-7-18/h8,17-18H,4-7H2,1-3H3. The number of hydrogen-bond donors (Lipinski definition) is 2. The van der Waals surface area contributed by atoms with Gasteiger partial charge in [0, 0.05) is 24.6 Å². The molecule has 102 valence electrons. The largest absolute Gasteiger partial charge is 0.395 e. The van der Waals surface area contributed by atoms with Crippen LogP contribution in [-0.4, -0.2) is 46.5 Å². The van der Waals surface area contributed by atoms with Crippen LogP contribution in [0.5, 0.6) is 0 Å². The van der Waals surface area contributed by atoms with Crippen molar-refractivity contribution < 1.29 is 10.2 Å². The zero-order chi connectivity index (χ0) is 13.8. The van der Waals surface area contributed by atoms with Gasteiger partial charge < -0.3 is 15.1 Å². The van der Waals surface area contributed by atoms with Crippen LogP contribution < -0.4 is 4.90 Å². The van der Waals surface area contributed by atoms with E-state index in [9.17, 15) is 0 Å². The van der Waals surface area contributed by atoms with E-state index in [-0.39, 0.29) is 18.6 Å². The molecule has 0 amide bonds. The lowest BCUT2D eigenvalue weighted by molar-refractivity contribution is 0.280. The zero-order valence-electron chi connectivity index (χ0n) is 11.0. The smallest absolute Gasteiger partial charge is 0.137 e. The average Bonchev–Trinajstić information content (AvgIpc) is 2.27. The Morgan fingerprint density at radius 2 is 1.72 bits per heavy atom. The van der Waals surface area contributed by atoms with Crippen LogP contribution in [0, 0.1) is 0 Å². The molecule has 0 aliphatic heterocycles. The summed E-state index contributed by atoms with van der Waals surface area (Å²) in [7, 11) is 0. The van der Waals surface area contributed by atoms with Crippen molar-refractivity contribution in [3.05, 3.63) is 16.5 Å². The van der Waals surface area contributed by atoms with Gasteiger partial charge in [-0.2, -0.15) is 0 Å². The highest BCUT2D eigenvalue weighted by atomic mass is 79.9. The molecule has 5 nitrogen and oxygen atoms in total. The fourth-order valence-electron chi connectivity index (χ4n) is 1.49. The summed E-state index contributed by atoms with van der Waals surface area (Å²) in [6, 6.07) is 1.79. The number of halogens is 1. The first-order valence-electron chi connectivity index (χ1n) is 5.90. The Hall–Kier alpha value is -0.720. The van der Waals surface area contributed by atoms with Crippen LogP contribution in [0.1, 0.15) is 26.6 Å². The summed E-state index contributed by atoms with van der Waals surface area (Å²) in [5, 5.41) is 18.1. The van der Waals surface area contributed by atoms with Crippen molar-refractivity contribution in [2.75, 3.05) is 31.2 Å². The van der Waals surface area contributed by atoms with Crippen molar-refractivity contribution in [1.82, 2.24) is 9.97 Å². The molecule has 6 heteroatoms. The predicted molar refractivity (Wildman–Crippen MR) is 74.8 cm³/mol. The Labute approximate surface area is 116 Å². The number of aliphatic hydroxyl groups excluding tert-OH is 2. The van der Waals surface area contributed by atoms with Gasteiger partial charge in [-0.05, 0) is 15.9 Å². The normalized spacial score (nSPS) is 11.7. The van der Waals surface area contributed by atoms with Gasteiger partial charge in [0.05, 0.1) is 13.2 Å². The second-order valence-corrected chi connectivity index (χ2v) is 5.87. The van der Waals surface area contributed by atoms with E-state index in [2.05, 4.69) is 25.9 Å². The number of anilines is 1. The fourth-order valence-corrected chi connectivity index (χ4v) is 1.86. The first-order valence-corrected chi connectivity index (χ1v) is 6.69. The molecule has 0 fully saturated rings. The predicted octanol–water partition coefficient (Wildman–Crippen LogP) is 1.33. The van der Waals surface area contributed by atoms with Crippen LogP contribution in [0.3, 0.4) is 0 Å². The molecule has 1 rings (SSSR count). The molecule has 0 saturated heterocycles. The highest BCUT2D eigenvalue weighted by molar-refractivity contribution is 9.10. The molecule has 0 aromatic carbocycles. The molecule has 1 aromatic heterocycles. The molecule has 0 saturated carbocycles. The number of rotatable bonds is 5. The minimum absolute atomic E-state index is 0.0203. The molecule has 1 aromatic rings. The first-order chi connectivity index (χ1) is 8.38. The molecule has 1 heterocycles. The van der Waals surface area contributed by atoms with Crippen LogP contribution >= 0.6 is 15.9 Å². The second kappa shape index (κ2) is 6.45. The minimum atomic E-state index is -0.150. The number of aliphatic hydroxyl groups is 2. The molecule has 0 spiro atoms. The SMILES string of the molecule is CC(C)(C)c1nc(Br)cc(N(CCO)CCO)n1. The number of nitrogens with zero attached hydrogens (tertiary/aromatic N) is 3. The maximum absolute atomic E-state index is 9.04. The molecular formula is C12H20BrN3O2. The van der Waals surface area contributed by atoms with Gasteiger partial charge in [0.15, 0.2) is 0 Å². The molecule has 0 aliphatic carbocycles. The van der Waals surface area contributed by atoms with E-state index in [0.717, 1.165) is 5.82 Å². The van der Waals surface area contributed by atoms with Crippen molar-refractivity contribution in [2.24, 2.45) is 0 Å². The van der Waals surface area contributed by atoms with E-state index in [1.54, 1.807) is 6.07 Å². The van der Waals surface area contributed by atoms with Crippen LogP contribution in [-0.2, 0) is 5.41 Å². The molecule has 0 radical (unpaired) electrons. The minimum Gasteiger partial charge on any atom is -0.395 e. The van der Waals surface area contributed by atoms with Crippen LogP contribution in [0.4, 0.5) is 5.82 Å². The number of aromatic nitrogens is 2. The maximum Gasteiger partial charge on any atom is 0.137 e. The fraction of sp³-hybridized carbons (Fsp3) is 0.667. The Morgan fingerprint density at radius 3 is 2.17 bits per heavy atom. The van der Waals surface area contributed by atoms with E-state index in [0.29, 0.717) is 23.5 Å². The molecule has 18 heavy (non-hydrogen) atoms. The quantitative estimate of drug-likeness (QED) is 0.802. The summed E-state index contributed by atoms with van der Waals surface area (Å²) in [6.07, 6.45) is 0. The molecule has 2 N–H and O–H groups in total. The highest BCUT2D eigenvalue weighted by Crippen LogP contribution is 2.24. The van der Waals surface area contributed by atoms with E-state index >= 15 is 0 Å². The summed E-state index contributed by atoms with van der Waals surface area (Å²) < 4.78 is 0.707. The van der Waals surface area contributed by atoms with Gasteiger partial charge in [-0.3, -0.25) is 0 Å². The van der Waals surface area contributed by atoms with Crippen LogP contribution in [0.25, 0.3) is 0 Å². The third-order valence-electron chi connectivity index (χ3n) is 2.42. The summed E-state index contributed by atoms with van der Waals surface area (Å²) in [6.45, 7) is 7.04. The third kappa shape index (κ3) is 4.19. The van der Waals surface area contributed by atoms with E-state index in [4.69, 9.17) is 10.2 Å². The lowest BCUT2D eigenvalue weighted by Crippen LogP contribution is -2.31. The van der Waals surface area contributed by atoms with E-state index in [1.165, 1.54) is 0 Å². The van der Waals surface area contributed by atoms with Crippen molar-refractivity contribution in [3.63, 3.8) is 0 Å². The lowest BCUT2D eigenvalue weighted by Gasteiger charge is -2.24. The topological polar surface area (TPSA) is 69.5 Å². The monoisotopic (exact) mass is 317 g/mol. The summed E-state index contributed by atoms with van der Waals surface area (Å²) in [5.74, 6) is 1.44. The van der Waals surface area contributed by atoms with Gasteiger partial charge in [0.25, 0.3) is 0 Å².